The van der Waals surface area contributed by atoms with Crippen molar-refractivity contribution in [1.29, 1.82) is 0 Å². The van der Waals surface area contributed by atoms with Crippen molar-refractivity contribution in [2.45, 2.75) is 19.6 Å². The molecule has 0 amide bonds. The molecule has 2 rings (SSSR count). The lowest BCUT2D eigenvalue weighted by atomic mass is 10.1. The molecule has 21 heavy (non-hydrogen) atoms. The van der Waals surface area contributed by atoms with Gasteiger partial charge in [0.15, 0.2) is 0 Å². The minimum atomic E-state index is -2.44. The summed E-state index contributed by atoms with van der Waals surface area (Å²) in [6.45, 7) is 0.953. The van der Waals surface area contributed by atoms with Crippen LogP contribution in [0.25, 0.3) is 0 Å². The summed E-state index contributed by atoms with van der Waals surface area (Å²) in [5, 5.41) is 3.27. The highest BCUT2D eigenvalue weighted by Crippen LogP contribution is 2.26. The second-order valence-electron chi connectivity index (χ2n) is 4.60. The maximum atomic E-state index is 12.7. The third-order valence-electron chi connectivity index (χ3n) is 3.09. The molecule has 0 aliphatic rings. The highest BCUT2D eigenvalue weighted by Gasteiger charge is 2.09. The fourth-order valence-electron chi connectivity index (χ4n) is 2.05. The molecule has 0 aromatic heterocycles. The molecule has 2 aromatic carbocycles. The number of ether oxygens (including phenoxy) is 1. The van der Waals surface area contributed by atoms with Crippen LogP contribution in [0.3, 0.4) is 0 Å². The molecule has 2 aromatic rings. The van der Waals surface area contributed by atoms with Gasteiger partial charge in [0.1, 0.15) is 0 Å². The van der Waals surface area contributed by atoms with Gasteiger partial charge in [-0.15, -0.1) is 0 Å². The van der Waals surface area contributed by atoms with E-state index in [9.17, 15) is 8.78 Å². The molecule has 0 atom stereocenters. The number of benzene rings is 2. The van der Waals surface area contributed by atoms with E-state index in [1.165, 1.54) is 12.1 Å². The van der Waals surface area contributed by atoms with Crippen molar-refractivity contribution in [3.05, 3.63) is 63.6 Å². The zero-order chi connectivity index (χ0) is 15.2. The summed E-state index contributed by atoms with van der Waals surface area (Å²) in [5.41, 5.74) is 2.79. The van der Waals surface area contributed by atoms with Crippen LogP contribution in [0.4, 0.5) is 14.5 Å². The van der Waals surface area contributed by atoms with Gasteiger partial charge >= 0.3 is 0 Å². The molecule has 2 nitrogen and oxygen atoms in total. The molecule has 0 unspecified atom stereocenters. The number of halogens is 3. The second kappa shape index (κ2) is 7.52. The third kappa shape index (κ3) is 4.25. The average molecular weight is 356 g/mol. The first-order chi connectivity index (χ1) is 10.1. The van der Waals surface area contributed by atoms with Gasteiger partial charge in [0.25, 0.3) is 6.43 Å². The second-order valence-corrected chi connectivity index (χ2v) is 5.45. The maximum absolute atomic E-state index is 12.7. The van der Waals surface area contributed by atoms with Crippen LogP contribution in [0, 0.1) is 0 Å². The van der Waals surface area contributed by atoms with Crippen LogP contribution in [0.2, 0.25) is 0 Å². The van der Waals surface area contributed by atoms with Crippen LogP contribution in [0.5, 0.6) is 0 Å². The standard InChI is InChI=1S/C16H16BrF2NO/c1-21-10-13-14(17)6-3-7-15(13)20-9-11-4-2-5-12(8-11)16(18)19/h2-8,16,20H,9-10H2,1H3. The molecule has 112 valence electrons. The first kappa shape index (κ1) is 15.9. The Balaban J connectivity index is 2.13. The quantitative estimate of drug-likeness (QED) is 0.773. The number of hydrogen-bond acceptors (Lipinski definition) is 2. The van der Waals surface area contributed by atoms with Crippen molar-refractivity contribution in [2.75, 3.05) is 12.4 Å². The molecule has 0 spiro atoms. The van der Waals surface area contributed by atoms with E-state index in [4.69, 9.17) is 4.74 Å². The van der Waals surface area contributed by atoms with Crippen molar-refractivity contribution in [3.8, 4) is 0 Å². The lowest BCUT2D eigenvalue weighted by molar-refractivity contribution is 0.151. The predicted molar refractivity (Wildman–Crippen MR) is 83.6 cm³/mol. The molecule has 0 fully saturated rings. The first-order valence-corrected chi connectivity index (χ1v) is 7.28. The van der Waals surface area contributed by atoms with Crippen molar-refractivity contribution >= 4 is 21.6 Å². The maximum Gasteiger partial charge on any atom is 0.263 e. The van der Waals surface area contributed by atoms with Gasteiger partial charge in [-0.3, -0.25) is 0 Å². The Hall–Kier alpha value is -1.46. The van der Waals surface area contributed by atoms with E-state index >= 15 is 0 Å². The number of hydrogen-bond donors (Lipinski definition) is 1. The summed E-state index contributed by atoms with van der Waals surface area (Å²) in [7, 11) is 1.63. The zero-order valence-electron chi connectivity index (χ0n) is 11.6. The molecule has 1 N–H and O–H groups in total. The van der Waals surface area contributed by atoms with E-state index in [0.717, 1.165) is 21.3 Å². The van der Waals surface area contributed by atoms with Gasteiger partial charge in [0, 0.05) is 34.9 Å². The van der Waals surface area contributed by atoms with Gasteiger partial charge in [-0.2, -0.15) is 0 Å². The summed E-state index contributed by atoms with van der Waals surface area (Å²) >= 11 is 3.49. The van der Waals surface area contributed by atoms with E-state index in [1.54, 1.807) is 13.2 Å². The summed E-state index contributed by atoms with van der Waals surface area (Å²) in [4.78, 5) is 0. The average Bonchev–Trinajstić information content (AvgIpc) is 2.48. The highest BCUT2D eigenvalue weighted by molar-refractivity contribution is 9.10. The number of nitrogens with one attached hydrogen (secondary N) is 1. The van der Waals surface area contributed by atoms with Gasteiger partial charge < -0.3 is 10.1 Å². The summed E-state index contributed by atoms with van der Waals surface area (Å²) in [5.74, 6) is 0. The predicted octanol–water partition coefficient (Wildman–Crippen LogP) is 5.15. The molecule has 0 heterocycles. The molecule has 0 bridgehead atoms. The Morgan fingerprint density at radius 3 is 2.67 bits per heavy atom. The van der Waals surface area contributed by atoms with Crippen LogP contribution in [0.1, 0.15) is 23.1 Å². The van der Waals surface area contributed by atoms with Crippen molar-refractivity contribution in [1.82, 2.24) is 0 Å². The lowest BCUT2D eigenvalue weighted by Gasteiger charge is -2.13. The van der Waals surface area contributed by atoms with Gasteiger partial charge in [0.2, 0.25) is 0 Å². The minimum absolute atomic E-state index is 0.0423. The Labute approximate surface area is 131 Å². The highest BCUT2D eigenvalue weighted by atomic mass is 79.9. The third-order valence-corrected chi connectivity index (χ3v) is 3.84. The number of methoxy groups -OCH3 is 1. The van der Waals surface area contributed by atoms with Crippen LogP contribution in [-0.2, 0) is 17.9 Å². The summed E-state index contributed by atoms with van der Waals surface area (Å²) in [6.07, 6.45) is -2.44. The Morgan fingerprint density at radius 2 is 1.95 bits per heavy atom. The topological polar surface area (TPSA) is 21.3 Å². The minimum Gasteiger partial charge on any atom is -0.381 e. The van der Waals surface area contributed by atoms with Gasteiger partial charge in [-0.25, -0.2) is 8.78 Å². The largest absolute Gasteiger partial charge is 0.381 e. The Kier molecular flexibility index (Phi) is 5.70. The molecular formula is C16H16BrF2NO. The van der Waals surface area contributed by atoms with Crippen molar-refractivity contribution in [3.63, 3.8) is 0 Å². The van der Waals surface area contributed by atoms with Crippen LogP contribution < -0.4 is 5.32 Å². The van der Waals surface area contributed by atoms with Crippen molar-refractivity contribution in [2.24, 2.45) is 0 Å². The van der Waals surface area contributed by atoms with Crippen LogP contribution in [0.15, 0.2) is 46.9 Å². The monoisotopic (exact) mass is 355 g/mol. The van der Waals surface area contributed by atoms with Crippen LogP contribution >= 0.6 is 15.9 Å². The zero-order valence-corrected chi connectivity index (χ0v) is 13.2. The van der Waals surface area contributed by atoms with E-state index in [2.05, 4.69) is 21.2 Å². The number of anilines is 1. The molecular weight excluding hydrogens is 340 g/mol. The van der Waals surface area contributed by atoms with Gasteiger partial charge in [0.05, 0.1) is 6.61 Å². The molecule has 0 saturated carbocycles. The van der Waals surface area contributed by atoms with E-state index in [-0.39, 0.29) is 5.56 Å². The molecule has 0 radical (unpaired) electrons. The molecule has 0 saturated heterocycles. The van der Waals surface area contributed by atoms with Gasteiger partial charge in [-0.1, -0.05) is 40.2 Å². The van der Waals surface area contributed by atoms with E-state index in [0.29, 0.717) is 13.2 Å². The summed E-state index contributed by atoms with van der Waals surface area (Å²) in [6, 6.07) is 12.2. The summed E-state index contributed by atoms with van der Waals surface area (Å²) < 4.78 is 31.5. The normalized spacial score (nSPS) is 10.9. The van der Waals surface area contributed by atoms with Gasteiger partial charge in [-0.05, 0) is 23.8 Å². The smallest absolute Gasteiger partial charge is 0.263 e. The Bertz CT molecular complexity index is 605. The molecule has 0 aliphatic carbocycles. The fraction of sp³-hybridized carbons (Fsp3) is 0.250. The SMILES string of the molecule is COCc1c(Br)cccc1NCc1cccc(C(F)F)c1. The number of alkyl halides is 2. The number of rotatable bonds is 6. The molecule has 0 aliphatic heterocycles. The van der Waals surface area contributed by atoms with E-state index < -0.39 is 6.43 Å². The Morgan fingerprint density at radius 1 is 1.19 bits per heavy atom. The van der Waals surface area contributed by atoms with Crippen LogP contribution in [-0.4, -0.2) is 7.11 Å². The van der Waals surface area contributed by atoms with E-state index in [1.807, 2.05) is 24.3 Å². The first-order valence-electron chi connectivity index (χ1n) is 6.49. The van der Waals surface area contributed by atoms with Crippen molar-refractivity contribution < 1.29 is 13.5 Å². The fourth-order valence-corrected chi connectivity index (χ4v) is 2.53. The lowest BCUT2D eigenvalue weighted by Crippen LogP contribution is -2.04. The molecule has 5 heteroatoms.